The first-order valence-corrected chi connectivity index (χ1v) is 6.14. The molecule has 100 valence electrons. The maximum atomic E-state index is 11.0. The van der Waals surface area contributed by atoms with Gasteiger partial charge in [-0.25, -0.2) is 0 Å². The highest BCUT2D eigenvalue weighted by molar-refractivity contribution is 5.68. The highest BCUT2D eigenvalue weighted by Crippen LogP contribution is 2.34. The fourth-order valence-corrected chi connectivity index (χ4v) is 1.70. The molecule has 18 heavy (non-hydrogen) atoms. The number of anilines is 1. The van der Waals surface area contributed by atoms with Crippen molar-refractivity contribution in [2.24, 2.45) is 5.92 Å². The van der Waals surface area contributed by atoms with Crippen LogP contribution >= 0.6 is 0 Å². The van der Waals surface area contributed by atoms with Crippen LogP contribution in [0.3, 0.4) is 0 Å². The van der Waals surface area contributed by atoms with Gasteiger partial charge in [0.2, 0.25) is 0 Å². The average Bonchev–Trinajstić information content (AvgIpc) is 2.33. The number of nitro groups is 1. The number of nitrogens with zero attached hydrogens (tertiary/aromatic N) is 1. The van der Waals surface area contributed by atoms with E-state index in [2.05, 4.69) is 19.2 Å². The van der Waals surface area contributed by atoms with Crippen LogP contribution in [0.25, 0.3) is 0 Å². The lowest BCUT2D eigenvalue weighted by Gasteiger charge is -2.10. The Hall–Kier alpha value is -1.78. The Kier molecular flexibility index (Phi) is 5.42. The van der Waals surface area contributed by atoms with Crippen LogP contribution in [0, 0.1) is 16.0 Å². The molecule has 5 heteroatoms. The number of benzene rings is 1. The minimum Gasteiger partial charge on any atom is -0.487 e. The van der Waals surface area contributed by atoms with Crippen LogP contribution in [0.1, 0.15) is 26.7 Å². The lowest BCUT2D eigenvalue weighted by Crippen LogP contribution is -2.04. The Balaban J connectivity index is 2.72. The first kappa shape index (κ1) is 14.3. The molecule has 0 atom stereocenters. The van der Waals surface area contributed by atoms with Gasteiger partial charge in [-0.1, -0.05) is 19.9 Å². The second-order valence-electron chi connectivity index (χ2n) is 4.54. The molecular weight excluding hydrogens is 232 g/mol. The van der Waals surface area contributed by atoms with Crippen LogP contribution in [-0.2, 0) is 0 Å². The van der Waals surface area contributed by atoms with Crippen molar-refractivity contribution in [2.45, 2.75) is 26.7 Å². The minimum atomic E-state index is -0.413. The SMILES string of the molecule is CNc1cccc(OCCCC(C)C)c1[N+](=O)[O-]. The molecular formula is C13H20N2O3. The quantitative estimate of drug-likeness (QED) is 0.458. The van der Waals surface area contributed by atoms with Crippen LogP contribution < -0.4 is 10.1 Å². The van der Waals surface area contributed by atoms with Gasteiger partial charge in [0.05, 0.1) is 11.5 Å². The van der Waals surface area contributed by atoms with E-state index < -0.39 is 4.92 Å². The van der Waals surface area contributed by atoms with E-state index in [-0.39, 0.29) is 5.69 Å². The topological polar surface area (TPSA) is 64.4 Å². The van der Waals surface area contributed by atoms with E-state index in [0.717, 1.165) is 12.8 Å². The van der Waals surface area contributed by atoms with E-state index in [0.29, 0.717) is 24.0 Å². The number of hydrogen-bond acceptors (Lipinski definition) is 4. The number of ether oxygens (including phenoxy) is 1. The molecule has 0 aliphatic rings. The van der Waals surface area contributed by atoms with Crippen molar-refractivity contribution in [1.29, 1.82) is 0 Å². The van der Waals surface area contributed by atoms with Gasteiger partial charge in [-0.3, -0.25) is 10.1 Å². The Morgan fingerprint density at radius 3 is 2.72 bits per heavy atom. The lowest BCUT2D eigenvalue weighted by molar-refractivity contribution is -0.384. The van der Waals surface area contributed by atoms with Crippen molar-refractivity contribution in [2.75, 3.05) is 19.0 Å². The molecule has 0 unspecified atom stereocenters. The smallest absolute Gasteiger partial charge is 0.333 e. The van der Waals surface area contributed by atoms with E-state index in [1.165, 1.54) is 0 Å². The van der Waals surface area contributed by atoms with Crippen molar-refractivity contribution in [1.82, 2.24) is 0 Å². The molecule has 0 bridgehead atoms. The largest absolute Gasteiger partial charge is 0.487 e. The second-order valence-corrected chi connectivity index (χ2v) is 4.54. The Bertz CT molecular complexity index is 405. The second kappa shape index (κ2) is 6.83. The van der Waals surface area contributed by atoms with Crippen LogP contribution in [0.2, 0.25) is 0 Å². The van der Waals surface area contributed by atoms with Crippen molar-refractivity contribution in [3.8, 4) is 5.75 Å². The van der Waals surface area contributed by atoms with Crippen LogP contribution in [0.5, 0.6) is 5.75 Å². The number of rotatable bonds is 7. The summed E-state index contributed by atoms with van der Waals surface area (Å²) in [6, 6.07) is 5.05. The summed E-state index contributed by atoms with van der Waals surface area (Å²) in [5.41, 5.74) is 0.478. The number of nitrogens with one attached hydrogen (secondary N) is 1. The zero-order valence-electron chi connectivity index (χ0n) is 11.1. The average molecular weight is 252 g/mol. The first-order chi connectivity index (χ1) is 8.56. The molecule has 0 saturated heterocycles. The van der Waals surface area contributed by atoms with Gasteiger partial charge in [0.25, 0.3) is 0 Å². The standard InChI is InChI=1S/C13H20N2O3/c1-10(2)6-5-9-18-12-8-4-7-11(14-3)13(12)15(16)17/h4,7-8,10,14H,5-6,9H2,1-3H3. The molecule has 0 spiro atoms. The summed E-state index contributed by atoms with van der Waals surface area (Å²) in [5.74, 6) is 0.947. The number of hydrogen-bond donors (Lipinski definition) is 1. The normalized spacial score (nSPS) is 10.4. The monoisotopic (exact) mass is 252 g/mol. The predicted octanol–water partition coefficient (Wildman–Crippen LogP) is 3.45. The molecule has 5 nitrogen and oxygen atoms in total. The van der Waals surface area contributed by atoms with Crippen molar-refractivity contribution >= 4 is 11.4 Å². The highest BCUT2D eigenvalue weighted by atomic mass is 16.6. The summed E-state index contributed by atoms with van der Waals surface area (Å²) in [6.07, 6.45) is 1.96. The fraction of sp³-hybridized carbons (Fsp3) is 0.538. The molecule has 0 radical (unpaired) electrons. The highest BCUT2D eigenvalue weighted by Gasteiger charge is 2.19. The van der Waals surface area contributed by atoms with Crippen molar-refractivity contribution in [3.63, 3.8) is 0 Å². The molecule has 0 aromatic heterocycles. The third-order valence-corrected chi connectivity index (χ3v) is 2.63. The van der Waals surface area contributed by atoms with Gasteiger partial charge in [0.15, 0.2) is 5.75 Å². The van der Waals surface area contributed by atoms with Gasteiger partial charge in [-0.2, -0.15) is 0 Å². The number of para-hydroxylation sites is 1. The zero-order valence-corrected chi connectivity index (χ0v) is 11.1. The summed E-state index contributed by atoms with van der Waals surface area (Å²) >= 11 is 0. The number of nitro benzene ring substituents is 1. The molecule has 0 fully saturated rings. The Morgan fingerprint density at radius 1 is 1.44 bits per heavy atom. The van der Waals surface area contributed by atoms with Crippen molar-refractivity contribution in [3.05, 3.63) is 28.3 Å². The van der Waals surface area contributed by atoms with E-state index >= 15 is 0 Å². The Morgan fingerprint density at radius 2 is 2.17 bits per heavy atom. The summed E-state index contributed by atoms with van der Waals surface area (Å²) in [4.78, 5) is 10.6. The van der Waals surface area contributed by atoms with Gasteiger partial charge >= 0.3 is 5.69 Å². The van der Waals surface area contributed by atoms with E-state index in [4.69, 9.17) is 4.74 Å². The molecule has 0 aliphatic heterocycles. The summed E-state index contributed by atoms with van der Waals surface area (Å²) in [5, 5.41) is 13.8. The predicted molar refractivity (Wildman–Crippen MR) is 72.2 cm³/mol. The molecule has 1 N–H and O–H groups in total. The zero-order chi connectivity index (χ0) is 13.5. The maximum Gasteiger partial charge on any atom is 0.333 e. The Labute approximate surface area is 107 Å². The minimum absolute atomic E-state index is 0.00421. The summed E-state index contributed by atoms with van der Waals surface area (Å²) < 4.78 is 5.51. The maximum absolute atomic E-state index is 11.0. The van der Waals surface area contributed by atoms with Gasteiger partial charge in [0, 0.05) is 7.05 Å². The van der Waals surface area contributed by atoms with Crippen LogP contribution in [-0.4, -0.2) is 18.6 Å². The molecule has 1 aromatic carbocycles. The molecule has 1 rings (SSSR count). The molecule has 0 amide bonds. The third-order valence-electron chi connectivity index (χ3n) is 2.63. The lowest BCUT2D eigenvalue weighted by atomic mass is 10.1. The van der Waals surface area contributed by atoms with Crippen LogP contribution in [0.4, 0.5) is 11.4 Å². The van der Waals surface area contributed by atoms with Crippen LogP contribution in [0.15, 0.2) is 18.2 Å². The summed E-state index contributed by atoms with van der Waals surface area (Å²) in [7, 11) is 1.66. The molecule has 1 aromatic rings. The van der Waals surface area contributed by atoms with Gasteiger partial charge < -0.3 is 10.1 Å². The van der Waals surface area contributed by atoms with E-state index in [1.807, 2.05) is 0 Å². The fourth-order valence-electron chi connectivity index (χ4n) is 1.70. The van der Waals surface area contributed by atoms with Gasteiger partial charge in [0.1, 0.15) is 5.69 Å². The molecule has 0 saturated carbocycles. The molecule has 0 heterocycles. The van der Waals surface area contributed by atoms with Crippen molar-refractivity contribution < 1.29 is 9.66 Å². The summed E-state index contributed by atoms with van der Waals surface area (Å²) in [6.45, 7) is 4.79. The van der Waals surface area contributed by atoms with Gasteiger partial charge in [-0.05, 0) is 30.9 Å². The van der Waals surface area contributed by atoms with E-state index in [9.17, 15) is 10.1 Å². The van der Waals surface area contributed by atoms with E-state index in [1.54, 1.807) is 25.2 Å². The molecule has 0 aliphatic carbocycles. The third kappa shape index (κ3) is 3.91. The first-order valence-electron chi connectivity index (χ1n) is 6.14. The van der Waals surface area contributed by atoms with Gasteiger partial charge in [-0.15, -0.1) is 0 Å².